The second-order valence-corrected chi connectivity index (χ2v) is 8.91. The number of methoxy groups -OCH3 is 4. The van der Waals surface area contributed by atoms with E-state index in [-0.39, 0.29) is 17.9 Å². The minimum atomic E-state index is -0.823. The Labute approximate surface area is 222 Å². The van der Waals surface area contributed by atoms with Crippen LogP contribution < -0.4 is 18.9 Å². The maximum Gasteiger partial charge on any atom is 0.295 e. The number of likely N-dealkylation sites (tertiary alicyclic amines) is 1. The zero-order chi connectivity index (χ0) is 27.4. The van der Waals surface area contributed by atoms with E-state index in [1.807, 2.05) is 31.2 Å². The van der Waals surface area contributed by atoms with E-state index in [0.717, 1.165) is 11.1 Å². The number of Topliss-reactive ketones (excluding diaryl/α,β-unsaturated/α-hetero) is 1. The second-order valence-electron chi connectivity index (χ2n) is 8.91. The van der Waals surface area contributed by atoms with Crippen LogP contribution in [0.3, 0.4) is 0 Å². The van der Waals surface area contributed by atoms with Gasteiger partial charge in [-0.05, 0) is 48.7 Å². The molecule has 0 spiro atoms. The van der Waals surface area contributed by atoms with Crippen LogP contribution in [0.15, 0.2) is 66.2 Å². The third-order valence-electron chi connectivity index (χ3n) is 6.68. The molecular weight excluding hydrogens is 486 g/mol. The van der Waals surface area contributed by atoms with Crippen LogP contribution in [0.4, 0.5) is 0 Å². The number of aliphatic hydroxyl groups is 1. The molecule has 1 atom stereocenters. The molecule has 0 aromatic heterocycles. The molecular formula is C30H31NO7. The molecule has 0 aliphatic carbocycles. The average molecular weight is 518 g/mol. The van der Waals surface area contributed by atoms with E-state index in [2.05, 4.69) is 0 Å². The van der Waals surface area contributed by atoms with E-state index < -0.39 is 17.7 Å². The van der Waals surface area contributed by atoms with Gasteiger partial charge in [0.25, 0.3) is 11.7 Å². The Hall–Kier alpha value is -4.46. The molecule has 8 heteroatoms. The van der Waals surface area contributed by atoms with E-state index in [4.69, 9.17) is 18.9 Å². The molecule has 1 saturated heterocycles. The maximum atomic E-state index is 13.4. The van der Waals surface area contributed by atoms with Gasteiger partial charge in [-0.1, -0.05) is 42.0 Å². The van der Waals surface area contributed by atoms with E-state index >= 15 is 0 Å². The van der Waals surface area contributed by atoms with Crippen molar-refractivity contribution in [3.63, 3.8) is 0 Å². The van der Waals surface area contributed by atoms with E-state index in [1.54, 1.807) is 50.6 Å². The van der Waals surface area contributed by atoms with Crippen molar-refractivity contribution in [3.05, 3.63) is 88.5 Å². The minimum absolute atomic E-state index is 0.0263. The van der Waals surface area contributed by atoms with Gasteiger partial charge in [-0.3, -0.25) is 9.59 Å². The molecule has 8 nitrogen and oxygen atoms in total. The minimum Gasteiger partial charge on any atom is -0.507 e. The van der Waals surface area contributed by atoms with Crippen LogP contribution in [-0.4, -0.2) is 56.7 Å². The van der Waals surface area contributed by atoms with Crippen LogP contribution in [-0.2, 0) is 16.0 Å². The topological polar surface area (TPSA) is 94.5 Å². The number of carbonyl (C=O) groups excluding carboxylic acids is 2. The SMILES string of the molecule is COc1ccc(CCN2C(=O)C(=O)/C(=C(\O)c3ccc(C)cc3)C2c2ccc(OC)c(OC)c2)cc1OC. The number of rotatable bonds is 9. The van der Waals surface area contributed by atoms with Crippen molar-refractivity contribution in [1.82, 2.24) is 4.90 Å². The fraction of sp³-hybridized carbons (Fsp3) is 0.267. The lowest BCUT2D eigenvalue weighted by Crippen LogP contribution is -2.31. The van der Waals surface area contributed by atoms with Gasteiger partial charge < -0.3 is 29.0 Å². The summed E-state index contributed by atoms with van der Waals surface area (Å²) < 4.78 is 21.6. The van der Waals surface area contributed by atoms with Gasteiger partial charge in [0.05, 0.1) is 40.1 Å². The van der Waals surface area contributed by atoms with Crippen molar-refractivity contribution in [2.45, 2.75) is 19.4 Å². The molecule has 1 aliphatic heterocycles. The second kappa shape index (κ2) is 11.3. The number of carbonyl (C=O) groups is 2. The highest BCUT2D eigenvalue weighted by atomic mass is 16.5. The first-order valence-corrected chi connectivity index (χ1v) is 12.1. The summed E-state index contributed by atoms with van der Waals surface area (Å²) in [5.74, 6) is 0.483. The molecule has 198 valence electrons. The third-order valence-corrected chi connectivity index (χ3v) is 6.68. The van der Waals surface area contributed by atoms with Crippen LogP contribution in [0.25, 0.3) is 5.76 Å². The van der Waals surface area contributed by atoms with Crippen LogP contribution in [0.1, 0.15) is 28.3 Å². The number of ether oxygens (including phenoxy) is 4. The number of amides is 1. The molecule has 0 radical (unpaired) electrons. The number of hydrogen-bond acceptors (Lipinski definition) is 7. The Morgan fingerprint density at radius 3 is 1.97 bits per heavy atom. The number of hydrogen-bond donors (Lipinski definition) is 1. The Bertz CT molecular complexity index is 1380. The summed E-state index contributed by atoms with van der Waals surface area (Å²) >= 11 is 0. The Morgan fingerprint density at radius 1 is 0.789 bits per heavy atom. The average Bonchev–Trinajstić information content (AvgIpc) is 3.20. The number of ketones is 1. The zero-order valence-electron chi connectivity index (χ0n) is 22.1. The van der Waals surface area contributed by atoms with Crippen molar-refractivity contribution in [3.8, 4) is 23.0 Å². The van der Waals surface area contributed by atoms with Gasteiger partial charge in [-0.25, -0.2) is 0 Å². The molecule has 3 aromatic rings. The molecule has 1 fully saturated rings. The molecule has 1 amide bonds. The molecule has 1 unspecified atom stereocenters. The zero-order valence-corrected chi connectivity index (χ0v) is 22.1. The van der Waals surface area contributed by atoms with Gasteiger partial charge in [0.15, 0.2) is 23.0 Å². The highest BCUT2D eigenvalue weighted by molar-refractivity contribution is 6.46. The summed E-state index contributed by atoms with van der Waals surface area (Å²) in [4.78, 5) is 28.2. The summed E-state index contributed by atoms with van der Waals surface area (Å²) in [6.45, 7) is 2.16. The predicted octanol–water partition coefficient (Wildman–Crippen LogP) is 4.69. The number of aryl methyl sites for hydroxylation is 1. The number of aliphatic hydroxyl groups excluding tert-OH is 1. The van der Waals surface area contributed by atoms with Gasteiger partial charge in [0, 0.05) is 12.1 Å². The molecule has 4 rings (SSSR count). The normalized spacial score (nSPS) is 16.4. The monoisotopic (exact) mass is 517 g/mol. The largest absolute Gasteiger partial charge is 0.507 e. The summed E-state index contributed by atoms with van der Waals surface area (Å²) in [5.41, 5.74) is 3.00. The molecule has 0 bridgehead atoms. The first-order chi connectivity index (χ1) is 18.3. The van der Waals surface area contributed by atoms with Crippen LogP contribution in [0.5, 0.6) is 23.0 Å². The van der Waals surface area contributed by atoms with Gasteiger partial charge in [0.1, 0.15) is 5.76 Å². The van der Waals surface area contributed by atoms with Crippen LogP contribution >= 0.6 is 0 Å². The predicted molar refractivity (Wildman–Crippen MR) is 143 cm³/mol. The lowest BCUT2D eigenvalue weighted by molar-refractivity contribution is -0.139. The summed E-state index contributed by atoms with van der Waals surface area (Å²) in [7, 11) is 6.17. The van der Waals surface area contributed by atoms with E-state index in [1.165, 1.54) is 19.1 Å². The summed E-state index contributed by atoms with van der Waals surface area (Å²) in [5, 5.41) is 11.3. The van der Waals surface area contributed by atoms with E-state index in [0.29, 0.717) is 40.5 Å². The molecule has 0 saturated carbocycles. The van der Waals surface area contributed by atoms with Gasteiger partial charge >= 0.3 is 0 Å². The highest BCUT2D eigenvalue weighted by Crippen LogP contribution is 2.42. The molecule has 1 N–H and O–H groups in total. The fourth-order valence-electron chi connectivity index (χ4n) is 4.63. The molecule has 38 heavy (non-hydrogen) atoms. The number of nitrogens with zero attached hydrogens (tertiary/aromatic N) is 1. The quantitative estimate of drug-likeness (QED) is 0.250. The fourth-order valence-corrected chi connectivity index (χ4v) is 4.63. The highest BCUT2D eigenvalue weighted by Gasteiger charge is 2.46. The Kier molecular flexibility index (Phi) is 7.90. The number of benzene rings is 3. The van der Waals surface area contributed by atoms with Crippen molar-refractivity contribution < 1.29 is 33.6 Å². The summed E-state index contributed by atoms with van der Waals surface area (Å²) in [6.07, 6.45) is 0.446. The molecule has 1 heterocycles. The standard InChI is InChI=1S/C30H31NO7/c1-18-6-9-20(10-7-18)28(32)26-27(21-11-13-23(36-3)25(17-21)38-5)31(30(34)29(26)33)15-14-19-8-12-22(35-2)24(16-19)37-4/h6-13,16-17,27,32H,14-15H2,1-5H3/b28-26-. The van der Waals surface area contributed by atoms with Crippen molar-refractivity contribution >= 4 is 17.4 Å². The van der Waals surface area contributed by atoms with Gasteiger partial charge in [0.2, 0.25) is 0 Å². The summed E-state index contributed by atoms with van der Waals surface area (Å²) in [6, 6.07) is 17.0. The van der Waals surface area contributed by atoms with Crippen LogP contribution in [0, 0.1) is 6.92 Å². The van der Waals surface area contributed by atoms with Gasteiger partial charge in [-0.15, -0.1) is 0 Å². The van der Waals surface area contributed by atoms with Crippen LogP contribution in [0.2, 0.25) is 0 Å². The lowest BCUT2D eigenvalue weighted by Gasteiger charge is -2.26. The smallest absolute Gasteiger partial charge is 0.295 e. The molecule has 1 aliphatic rings. The Balaban J connectivity index is 1.79. The lowest BCUT2D eigenvalue weighted by atomic mass is 9.94. The molecule has 3 aromatic carbocycles. The maximum absolute atomic E-state index is 13.4. The third kappa shape index (κ3) is 5.02. The van der Waals surface area contributed by atoms with Gasteiger partial charge in [-0.2, -0.15) is 0 Å². The van der Waals surface area contributed by atoms with Crippen molar-refractivity contribution in [2.75, 3.05) is 35.0 Å². The first-order valence-electron chi connectivity index (χ1n) is 12.1. The van der Waals surface area contributed by atoms with Crippen molar-refractivity contribution in [2.24, 2.45) is 0 Å². The first kappa shape index (κ1) is 26.6. The Morgan fingerprint density at radius 2 is 1.37 bits per heavy atom. The van der Waals surface area contributed by atoms with Crippen molar-refractivity contribution in [1.29, 1.82) is 0 Å². The van der Waals surface area contributed by atoms with E-state index in [9.17, 15) is 14.7 Å².